The van der Waals surface area contributed by atoms with Crippen molar-refractivity contribution in [2.75, 3.05) is 18.8 Å². The van der Waals surface area contributed by atoms with E-state index in [-0.39, 0.29) is 36.0 Å². The fourth-order valence-electron chi connectivity index (χ4n) is 3.47. The van der Waals surface area contributed by atoms with E-state index < -0.39 is 27.0 Å². The first-order chi connectivity index (χ1) is 12.2. The van der Waals surface area contributed by atoms with Gasteiger partial charge in [0.1, 0.15) is 5.69 Å². The van der Waals surface area contributed by atoms with Crippen molar-refractivity contribution in [2.45, 2.75) is 38.1 Å². The van der Waals surface area contributed by atoms with Crippen LogP contribution < -0.4 is 10.6 Å². The van der Waals surface area contributed by atoms with Crippen molar-refractivity contribution < 1.29 is 18.0 Å². The maximum Gasteiger partial charge on any atom is 0.317 e. The SMILES string of the molecule is Cc1cnc(C(=O)N[C@@H]2CS(=O)(=O)[C@H]3CN(C(=O)NC(C)C)C[C@@H]23)cn1. The summed E-state index contributed by atoms with van der Waals surface area (Å²) in [6, 6.07) is -0.855. The van der Waals surface area contributed by atoms with Gasteiger partial charge in [-0.15, -0.1) is 0 Å². The van der Waals surface area contributed by atoms with Crippen LogP contribution >= 0.6 is 0 Å². The monoisotopic (exact) mass is 381 g/mol. The third-order valence-electron chi connectivity index (χ3n) is 4.73. The number of carbonyl (C=O) groups excluding carboxylic acids is 2. The molecule has 0 aromatic carbocycles. The van der Waals surface area contributed by atoms with Crippen molar-refractivity contribution in [3.8, 4) is 0 Å². The predicted molar refractivity (Wildman–Crippen MR) is 94.3 cm³/mol. The van der Waals surface area contributed by atoms with Gasteiger partial charge in [0.15, 0.2) is 9.84 Å². The lowest BCUT2D eigenvalue weighted by Crippen LogP contribution is -2.45. The van der Waals surface area contributed by atoms with Crippen LogP contribution in [0.25, 0.3) is 0 Å². The van der Waals surface area contributed by atoms with Crippen LogP contribution in [0, 0.1) is 12.8 Å². The molecule has 0 bridgehead atoms. The predicted octanol–water partition coefficient (Wildman–Crippen LogP) is -0.270. The molecule has 9 nitrogen and oxygen atoms in total. The Labute approximate surface area is 152 Å². The number of carbonyl (C=O) groups is 2. The van der Waals surface area contributed by atoms with Gasteiger partial charge in [0.05, 0.1) is 22.9 Å². The van der Waals surface area contributed by atoms with Crippen molar-refractivity contribution in [1.29, 1.82) is 0 Å². The third-order valence-corrected chi connectivity index (χ3v) is 6.97. The molecule has 3 rings (SSSR count). The molecule has 10 heteroatoms. The van der Waals surface area contributed by atoms with E-state index in [0.717, 1.165) is 0 Å². The summed E-state index contributed by atoms with van der Waals surface area (Å²) in [5, 5.41) is 4.89. The number of aryl methyl sites for hydroxylation is 1. The number of rotatable bonds is 3. The fraction of sp³-hybridized carbons (Fsp3) is 0.625. The van der Waals surface area contributed by atoms with Gasteiger partial charge in [0, 0.05) is 37.3 Å². The van der Waals surface area contributed by atoms with Gasteiger partial charge < -0.3 is 15.5 Å². The average Bonchev–Trinajstić information content (AvgIpc) is 3.08. The molecule has 1 aromatic rings. The van der Waals surface area contributed by atoms with Crippen molar-refractivity contribution in [1.82, 2.24) is 25.5 Å². The second-order valence-electron chi connectivity index (χ2n) is 7.16. The van der Waals surface area contributed by atoms with Crippen molar-refractivity contribution in [3.05, 3.63) is 23.8 Å². The highest BCUT2D eigenvalue weighted by atomic mass is 32.2. The average molecular weight is 381 g/mol. The number of hydrogen-bond acceptors (Lipinski definition) is 6. The molecular weight excluding hydrogens is 358 g/mol. The maximum atomic E-state index is 12.5. The quantitative estimate of drug-likeness (QED) is 0.743. The zero-order valence-electron chi connectivity index (χ0n) is 15.0. The maximum absolute atomic E-state index is 12.5. The van der Waals surface area contributed by atoms with Gasteiger partial charge in [-0.05, 0) is 20.8 Å². The molecule has 3 atom stereocenters. The summed E-state index contributed by atoms with van der Waals surface area (Å²) in [6.07, 6.45) is 2.85. The van der Waals surface area contributed by atoms with Crippen molar-refractivity contribution in [2.24, 2.45) is 5.92 Å². The molecule has 26 heavy (non-hydrogen) atoms. The largest absolute Gasteiger partial charge is 0.346 e. The second-order valence-corrected chi connectivity index (χ2v) is 9.43. The van der Waals surface area contributed by atoms with Crippen molar-refractivity contribution in [3.63, 3.8) is 0 Å². The number of fused-ring (bicyclic) bond motifs is 1. The number of urea groups is 1. The minimum Gasteiger partial charge on any atom is -0.346 e. The molecule has 0 radical (unpaired) electrons. The first-order valence-electron chi connectivity index (χ1n) is 8.54. The van der Waals surface area contributed by atoms with Gasteiger partial charge in [-0.3, -0.25) is 9.78 Å². The zero-order valence-corrected chi connectivity index (χ0v) is 15.8. The number of likely N-dealkylation sites (tertiary alicyclic amines) is 1. The summed E-state index contributed by atoms with van der Waals surface area (Å²) in [5.74, 6) is -0.892. The topological polar surface area (TPSA) is 121 Å². The van der Waals surface area contributed by atoms with Crippen LogP contribution in [0.1, 0.15) is 30.0 Å². The number of hydrogen-bond donors (Lipinski definition) is 2. The third kappa shape index (κ3) is 3.64. The molecule has 2 fully saturated rings. The van der Waals surface area contributed by atoms with E-state index in [2.05, 4.69) is 20.6 Å². The Morgan fingerprint density at radius 3 is 2.58 bits per heavy atom. The molecule has 2 aliphatic rings. The van der Waals surface area contributed by atoms with Gasteiger partial charge >= 0.3 is 6.03 Å². The molecule has 3 amide bonds. The van der Waals surface area contributed by atoms with Crippen LogP contribution in [0.15, 0.2) is 12.4 Å². The first kappa shape index (κ1) is 18.6. The van der Waals surface area contributed by atoms with E-state index in [1.165, 1.54) is 17.3 Å². The Hall–Kier alpha value is -2.23. The number of nitrogens with zero attached hydrogens (tertiary/aromatic N) is 3. The molecule has 142 valence electrons. The van der Waals surface area contributed by atoms with Crippen LogP contribution in [-0.2, 0) is 9.84 Å². The standard InChI is InChI=1S/C16H23N5O4S/c1-9(2)19-16(23)21-6-11-13(8-26(24,25)14(11)7-21)20-15(22)12-5-17-10(3)4-18-12/h4-5,9,11,13-14H,6-8H2,1-3H3,(H,19,23)(H,20,22)/t11-,13+,14-/m0/s1. The van der Waals surface area contributed by atoms with E-state index in [4.69, 9.17) is 0 Å². The normalized spacial score (nSPS) is 26.6. The molecule has 0 saturated carbocycles. The van der Waals surface area contributed by atoms with Gasteiger partial charge in [0.2, 0.25) is 0 Å². The molecule has 2 N–H and O–H groups in total. The summed E-state index contributed by atoms with van der Waals surface area (Å²) >= 11 is 0. The lowest BCUT2D eigenvalue weighted by Gasteiger charge is -2.22. The molecular formula is C16H23N5O4S. The van der Waals surface area contributed by atoms with Crippen molar-refractivity contribution >= 4 is 21.8 Å². The summed E-state index contributed by atoms with van der Waals surface area (Å²) in [4.78, 5) is 34.1. The van der Waals surface area contributed by atoms with Crippen LogP contribution in [-0.4, -0.2) is 71.4 Å². The number of sulfone groups is 1. The van der Waals surface area contributed by atoms with E-state index in [1.54, 1.807) is 6.92 Å². The smallest absolute Gasteiger partial charge is 0.317 e. The molecule has 3 heterocycles. The van der Waals surface area contributed by atoms with E-state index in [0.29, 0.717) is 12.2 Å². The first-order valence-corrected chi connectivity index (χ1v) is 10.3. The molecule has 2 aliphatic heterocycles. The van der Waals surface area contributed by atoms with Gasteiger partial charge in [-0.2, -0.15) is 0 Å². The Morgan fingerprint density at radius 1 is 1.23 bits per heavy atom. The summed E-state index contributed by atoms with van der Waals surface area (Å²) < 4.78 is 24.9. The van der Waals surface area contributed by atoms with Crippen LogP contribution in [0.4, 0.5) is 4.79 Å². The molecule has 2 saturated heterocycles. The van der Waals surface area contributed by atoms with E-state index in [1.807, 2.05) is 13.8 Å². The van der Waals surface area contributed by atoms with Crippen LogP contribution in [0.3, 0.4) is 0 Å². The minimum absolute atomic E-state index is 0.0323. The Kier molecular flexibility index (Phi) is 4.87. The van der Waals surface area contributed by atoms with E-state index >= 15 is 0 Å². The highest BCUT2D eigenvalue weighted by molar-refractivity contribution is 7.92. The highest BCUT2D eigenvalue weighted by Crippen LogP contribution is 2.34. The number of nitrogens with one attached hydrogen (secondary N) is 2. The molecule has 0 spiro atoms. The lowest BCUT2D eigenvalue weighted by molar-refractivity contribution is 0.0926. The molecule has 0 unspecified atom stereocenters. The van der Waals surface area contributed by atoms with Gasteiger partial charge in [-0.25, -0.2) is 18.2 Å². The Bertz CT molecular complexity index is 808. The Balaban J connectivity index is 1.72. The van der Waals surface area contributed by atoms with E-state index in [9.17, 15) is 18.0 Å². The zero-order chi connectivity index (χ0) is 19.1. The molecule has 1 aromatic heterocycles. The fourth-order valence-corrected chi connectivity index (χ4v) is 5.76. The second kappa shape index (κ2) is 6.82. The Morgan fingerprint density at radius 2 is 1.96 bits per heavy atom. The number of amides is 3. The highest BCUT2D eigenvalue weighted by Gasteiger charge is 2.53. The summed E-state index contributed by atoms with van der Waals surface area (Å²) in [6.45, 7) is 5.90. The van der Waals surface area contributed by atoms with Gasteiger partial charge in [-0.1, -0.05) is 0 Å². The lowest BCUT2D eigenvalue weighted by atomic mass is 10.0. The molecule has 0 aliphatic carbocycles. The summed E-state index contributed by atoms with van der Waals surface area (Å²) in [7, 11) is -3.37. The van der Waals surface area contributed by atoms with Crippen LogP contribution in [0.2, 0.25) is 0 Å². The summed E-state index contributed by atoms with van der Waals surface area (Å²) in [5.41, 5.74) is 0.830. The van der Waals surface area contributed by atoms with Gasteiger partial charge in [0.25, 0.3) is 5.91 Å². The van der Waals surface area contributed by atoms with Crippen LogP contribution in [0.5, 0.6) is 0 Å². The number of aromatic nitrogens is 2. The minimum atomic E-state index is -3.37.